The highest BCUT2D eigenvalue weighted by atomic mass is 35.5. The van der Waals surface area contributed by atoms with Gasteiger partial charge in [-0.25, -0.2) is 4.98 Å². The van der Waals surface area contributed by atoms with Gasteiger partial charge in [-0.3, -0.25) is 4.79 Å². The molecule has 0 saturated carbocycles. The first-order chi connectivity index (χ1) is 8.35. The van der Waals surface area contributed by atoms with Crippen molar-refractivity contribution >= 4 is 40.9 Å². The topological polar surface area (TPSA) is 62.2 Å². The summed E-state index contributed by atoms with van der Waals surface area (Å²) in [6, 6.07) is 3.01. The summed E-state index contributed by atoms with van der Waals surface area (Å²) in [5.41, 5.74) is -0.913. The van der Waals surface area contributed by atoms with Gasteiger partial charge in [-0.15, -0.1) is 0 Å². The number of pyridine rings is 1. The van der Waals surface area contributed by atoms with Crippen molar-refractivity contribution in [3.8, 4) is 0 Å². The van der Waals surface area contributed by atoms with Crippen LogP contribution in [0.3, 0.4) is 0 Å². The molecule has 0 bridgehead atoms. The Bertz CT molecular complexity index is 441. The molecule has 1 heterocycles. The van der Waals surface area contributed by atoms with Crippen molar-refractivity contribution in [1.82, 2.24) is 10.3 Å². The molecule has 0 aliphatic rings. The van der Waals surface area contributed by atoms with E-state index in [-0.39, 0.29) is 22.4 Å². The first-order valence-corrected chi connectivity index (χ1v) is 7.32. The highest BCUT2D eigenvalue weighted by molar-refractivity contribution is 7.98. The van der Waals surface area contributed by atoms with Crippen LogP contribution in [0.2, 0.25) is 10.2 Å². The van der Waals surface area contributed by atoms with Crippen LogP contribution in [0.1, 0.15) is 17.4 Å². The lowest BCUT2D eigenvalue weighted by atomic mass is 10.1. The molecule has 7 heteroatoms. The van der Waals surface area contributed by atoms with Gasteiger partial charge in [0.2, 0.25) is 0 Å². The molecule has 1 rings (SSSR count). The van der Waals surface area contributed by atoms with Crippen LogP contribution in [0.5, 0.6) is 0 Å². The Kier molecular flexibility index (Phi) is 5.72. The number of thioether (sulfide) groups is 1. The molecule has 100 valence electrons. The molecule has 0 fully saturated rings. The average molecular weight is 309 g/mol. The Hall–Kier alpha value is -0.490. The van der Waals surface area contributed by atoms with Gasteiger partial charge in [-0.05, 0) is 25.3 Å². The quantitative estimate of drug-likeness (QED) is 0.819. The minimum atomic E-state index is -0.972. The maximum absolute atomic E-state index is 11.8. The summed E-state index contributed by atoms with van der Waals surface area (Å²) in [5, 5.41) is 12.9. The minimum absolute atomic E-state index is 0.0594. The Labute approximate surface area is 120 Å². The van der Waals surface area contributed by atoms with E-state index in [9.17, 15) is 9.90 Å². The summed E-state index contributed by atoms with van der Waals surface area (Å²) in [6.45, 7) is 1.77. The van der Waals surface area contributed by atoms with Gasteiger partial charge in [0, 0.05) is 12.3 Å². The molecule has 1 unspecified atom stereocenters. The van der Waals surface area contributed by atoms with Gasteiger partial charge in [0.15, 0.2) is 0 Å². The molecule has 0 aromatic carbocycles. The summed E-state index contributed by atoms with van der Waals surface area (Å²) in [5.74, 6) is 0.0631. The van der Waals surface area contributed by atoms with E-state index in [4.69, 9.17) is 23.2 Å². The number of hydrogen-bond donors (Lipinski definition) is 2. The van der Waals surface area contributed by atoms with Crippen LogP contribution in [0.25, 0.3) is 0 Å². The van der Waals surface area contributed by atoms with Crippen molar-refractivity contribution in [3.05, 3.63) is 28.0 Å². The molecular weight excluding hydrogens is 295 g/mol. The molecule has 0 spiro atoms. The fourth-order valence-electron chi connectivity index (χ4n) is 1.29. The molecule has 0 radical (unpaired) electrons. The van der Waals surface area contributed by atoms with E-state index in [0.29, 0.717) is 5.75 Å². The van der Waals surface area contributed by atoms with Gasteiger partial charge in [0.25, 0.3) is 5.91 Å². The highest BCUT2D eigenvalue weighted by Gasteiger charge is 2.22. The van der Waals surface area contributed by atoms with E-state index in [1.807, 2.05) is 6.26 Å². The van der Waals surface area contributed by atoms with Crippen LogP contribution in [0.15, 0.2) is 12.1 Å². The predicted molar refractivity (Wildman–Crippen MR) is 75.6 cm³/mol. The summed E-state index contributed by atoms with van der Waals surface area (Å²) in [4.78, 5) is 15.7. The van der Waals surface area contributed by atoms with E-state index in [2.05, 4.69) is 10.3 Å². The monoisotopic (exact) mass is 308 g/mol. The molecular formula is C11H14Cl2N2O2S. The molecule has 0 aliphatic carbocycles. The van der Waals surface area contributed by atoms with E-state index < -0.39 is 11.5 Å². The normalized spacial score (nSPS) is 14.1. The Morgan fingerprint density at radius 2 is 2.22 bits per heavy atom. The second kappa shape index (κ2) is 6.61. The third-order valence-electron chi connectivity index (χ3n) is 2.11. The van der Waals surface area contributed by atoms with Gasteiger partial charge in [-0.1, -0.05) is 23.2 Å². The molecule has 4 nitrogen and oxygen atoms in total. The maximum atomic E-state index is 11.8. The Morgan fingerprint density at radius 3 is 2.83 bits per heavy atom. The van der Waals surface area contributed by atoms with Crippen molar-refractivity contribution in [2.75, 3.05) is 18.6 Å². The summed E-state index contributed by atoms with van der Waals surface area (Å²) in [6.07, 6.45) is 1.88. The first-order valence-electron chi connectivity index (χ1n) is 5.17. The van der Waals surface area contributed by atoms with Crippen molar-refractivity contribution in [2.45, 2.75) is 12.5 Å². The summed E-state index contributed by atoms with van der Waals surface area (Å²) < 4.78 is 0. The zero-order valence-electron chi connectivity index (χ0n) is 10.0. The van der Waals surface area contributed by atoms with Crippen molar-refractivity contribution in [1.29, 1.82) is 0 Å². The second-order valence-corrected chi connectivity index (χ2v) is 5.74. The molecule has 18 heavy (non-hydrogen) atoms. The van der Waals surface area contributed by atoms with E-state index in [1.54, 1.807) is 6.92 Å². The predicted octanol–water partition coefficient (Wildman–Crippen LogP) is 2.23. The molecule has 2 N–H and O–H groups in total. The number of carbonyl (C=O) groups is 1. The lowest BCUT2D eigenvalue weighted by Crippen LogP contribution is -2.42. The third-order valence-corrected chi connectivity index (χ3v) is 3.54. The first kappa shape index (κ1) is 15.6. The number of nitrogens with one attached hydrogen (secondary N) is 1. The molecule has 0 aliphatic heterocycles. The number of hydrogen-bond acceptors (Lipinski definition) is 4. The lowest BCUT2D eigenvalue weighted by molar-refractivity contribution is 0.0722. The fourth-order valence-corrected chi connectivity index (χ4v) is 2.36. The molecule has 0 saturated heterocycles. The SMILES string of the molecule is CSCC(C)(O)CNC(=O)c1nc(Cl)ccc1Cl. The standard InChI is InChI=1S/C11H14Cl2N2O2S/c1-11(17,6-18-2)5-14-10(16)9-7(12)3-4-8(13)15-9/h3-4,17H,5-6H2,1-2H3,(H,14,16). The fraction of sp³-hybridized carbons (Fsp3) is 0.455. The van der Waals surface area contributed by atoms with Gasteiger partial charge in [-0.2, -0.15) is 11.8 Å². The number of aromatic nitrogens is 1. The van der Waals surface area contributed by atoms with E-state index in [0.717, 1.165) is 0 Å². The number of amides is 1. The zero-order valence-corrected chi connectivity index (χ0v) is 12.4. The van der Waals surface area contributed by atoms with Crippen LogP contribution in [0, 0.1) is 0 Å². The number of rotatable bonds is 5. The Morgan fingerprint density at radius 1 is 1.56 bits per heavy atom. The maximum Gasteiger partial charge on any atom is 0.271 e. The molecule has 1 atom stereocenters. The summed E-state index contributed by atoms with van der Waals surface area (Å²) >= 11 is 13.0. The van der Waals surface area contributed by atoms with Crippen LogP contribution in [-0.4, -0.2) is 40.2 Å². The number of nitrogens with zero attached hydrogens (tertiary/aromatic N) is 1. The van der Waals surface area contributed by atoms with E-state index >= 15 is 0 Å². The van der Waals surface area contributed by atoms with Crippen LogP contribution in [-0.2, 0) is 0 Å². The van der Waals surface area contributed by atoms with Crippen molar-refractivity contribution in [3.63, 3.8) is 0 Å². The van der Waals surface area contributed by atoms with Gasteiger partial charge in [0.1, 0.15) is 10.8 Å². The second-order valence-electron chi connectivity index (χ2n) is 4.08. The van der Waals surface area contributed by atoms with Gasteiger partial charge >= 0.3 is 0 Å². The van der Waals surface area contributed by atoms with Crippen molar-refractivity contribution < 1.29 is 9.90 Å². The lowest BCUT2D eigenvalue weighted by Gasteiger charge is -2.22. The largest absolute Gasteiger partial charge is 0.387 e. The Balaban J connectivity index is 2.69. The van der Waals surface area contributed by atoms with Crippen molar-refractivity contribution in [2.24, 2.45) is 0 Å². The number of carbonyl (C=O) groups excluding carboxylic acids is 1. The number of halogens is 2. The number of aliphatic hydroxyl groups is 1. The van der Waals surface area contributed by atoms with Gasteiger partial charge in [0.05, 0.1) is 10.6 Å². The molecule has 1 amide bonds. The zero-order chi connectivity index (χ0) is 13.8. The van der Waals surface area contributed by atoms with E-state index in [1.165, 1.54) is 23.9 Å². The van der Waals surface area contributed by atoms with Crippen LogP contribution < -0.4 is 5.32 Å². The minimum Gasteiger partial charge on any atom is -0.387 e. The summed E-state index contributed by atoms with van der Waals surface area (Å²) in [7, 11) is 0. The third kappa shape index (κ3) is 4.65. The highest BCUT2D eigenvalue weighted by Crippen LogP contribution is 2.17. The average Bonchev–Trinajstić information content (AvgIpc) is 2.29. The van der Waals surface area contributed by atoms with Crippen LogP contribution in [0.4, 0.5) is 0 Å². The smallest absolute Gasteiger partial charge is 0.271 e. The van der Waals surface area contributed by atoms with Crippen LogP contribution >= 0.6 is 35.0 Å². The van der Waals surface area contributed by atoms with Gasteiger partial charge < -0.3 is 10.4 Å². The molecule has 1 aromatic heterocycles. The molecule has 1 aromatic rings.